The molecule has 140 valence electrons. The van der Waals surface area contributed by atoms with Crippen molar-refractivity contribution in [3.63, 3.8) is 0 Å². The van der Waals surface area contributed by atoms with Crippen LogP contribution in [0.4, 0.5) is 10.8 Å². The van der Waals surface area contributed by atoms with Crippen LogP contribution in [-0.2, 0) is 6.42 Å². The van der Waals surface area contributed by atoms with Crippen molar-refractivity contribution >= 4 is 39.7 Å². The van der Waals surface area contributed by atoms with Gasteiger partial charge in [0.25, 0.3) is 0 Å². The van der Waals surface area contributed by atoms with Gasteiger partial charge in [-0.25, -0.2) is 0 Å². The summed E-state index contributed by atoms with van der Waals surface area (Å²) in [6.07, 6.45) is 0.972. The van der Waals surface area contributed by atoms with Gasteiger partial charge >= 0.3 is 0 Å². The van der Waals surface area contributed by atoms with Gasteiger partial charge in [0.2, 0.25) is 5.13 Å². The Hall–Kier alpha value is -2.18. The zero-order valence-corrected chi connectivity index (χ0v) is 17.6. The van der Waals surface area contributed by atoms with Crippen molar-refractivity contribution in [3.05, 3.63) is 64.7 Å². The van der Waals surface area contributed by atoms with E-state index in [1.54, 1.807) is 0 Å². The van der Waals surface area contributed by atoms with Crippen LogP contribution in [0.2, 0.25) is 0 Å². The molecule has 27 heavy (non-hydrogen) atoms. The first-order valence-corrected chi connectivity index (χ1v) is 10.6. The molecule has 0 unspecified atom stereocenters. The highest BCUT2D eigenvalue weighted by atomic mass is 32.2. The fourth-order valence-corrected chi connectivity index (χ4v) is 4.59. The average Bonchev–Trinajstić information content (AvgIpc) is 3.11. The SMILES string of the molecule is CCc1ccc(C(=O)[C@H](C)Sc2nnc(Nc3ccc(C)c(C)c3)s2)cc1. The summed E-state index contributed by atoms with van der Waals surface area (Å²) < 4.78 is 0.785. The lowest BCUT2D eigenvalue weighted by Crippen LogP contribution is -2.13. The van der Waals surface area contributed by atoms with Crippen molar-refractivity contribution in [2.45, 2.75) is 43.7 Å². The molecule has 0 saturated carbocycles. The van der Waals surface area contributed by atoms with Gasteiger partial charge in [-0.15, -0.1) is 10.2 Å². The number of hydrogen-bond acceptors (Lipinski definition) is 6. The Labute approximate surface area is 168 Å². The molecule has 0 saturated heterocycles. The molecule has 4 nitrogen and oxygen atoms in total. The molecule has 0 aliphatic heterocycles. The summed E-state index contributed by atoms with van der Waals surface area (Å²) in [4.78, 5) is 12.6. The number of ketones is 1. The van der Waals surface area contributed by atoms with E-state index in [1.807, 2.05) is 37.3 Å². The number of thioether (sulfide) groups is 1. The Kier molecular flexibility index (Phi) is 6.29. The summed E-state index contributed by atoms with van der Waals surface area (Å²) in [7, 11) is 0. The molecule has 0 bridgehead atoms. The predicted octanol–water partition coefficient (Wildman–Crippen LogP) is 5.82. The van der Waals surface area contributed by atoms with Crippen LogP contribution in [0.5, 0.6) is 0 Å². The minimum Gasteiger partial charge on any atom is -0.330 e. The van der Waals surface area contributed by atoms with Gasteiger partial charge in [0.1, 0.15) is 0 Å². The highest BCUT2D eigenvalue weighted by Crippen LogP contribution is 2.32. The largest absolute Gasteiger partial charge is 0.330 e. The van der Waals surface area contributed by atoms with Gasteiger partial charge in [0, 0.05) is 11.3 Å². The number of nitrogens with zero attached hydrogens (tertiary/aromatic N) is 2. The quantitative estimate of drug-likeness (QED) is 0.402. The first-order chi connectivity index (χ1) is 13.0. The van der Waals surface area contributed by atoms with Crippen LogP contribution < -0.4 is 5.32 Å². The molecule has 0 amide bonds. The maximum Gasteiger partial charge on any atom is 0.210 e. The van der Waals surface area contributed by atoms with Crippen molar-refractivity contribution in [1.29, 1.82) is 0 Å². The van der Waals surface area contributed by atoms with E-state index in [-0.39, 0.29) is 11.0 Å². The van der Waals surface area contributed by atoms with Crippen molar-refractivity contribution in [1.82, 2.24) is 10.2 Å². The standard InChI is InChI=1S/C21H23N3OS2/c1-5-16-7-9-17(10-8-16)19(25)15(4)26-21-24-23-20(27-21)22-18-11-6-13(2)14(3)12-18/h6-12,15H,5H2,1-4H3,(H,22,23)/t15-/m0/s1. The van der Waals surface area contributed by atoms with E-state index in [1.165, 1.54) is 39.8 Å². The number of carbonyl (C=O) groups is 1. The molecule has 2 aromatic carbocycles. The van der Waals surface area contributed by atoms with Crippen LogP contribution in [0.1, 0.15) is 40.9 Å². The van der Waals surface area contributed by atoms with E-state index in [0.29, 0.717) is 0 Å². The summed E-state index contributed by atoms with van der Waals surface area (Å²) in [6, 6.07) is 14.1. The maximum atomic E-state index is 12.6. The normalized spacial score (nSPS) is 12.0. The molecule has 1 aromatic heterocycles. The molecule has 0 aliphatic rings. The highest BCUT2D eigenvalue weighted by Gasteiger charge is 2.19. The van der Waals surface area contributed by atoms with E-state index >= 15 is 0 Å². The number of aryl methyl sites for hydroxylation is 3. The first-order valence-electron chi connectivity index (χ1n) is 8.94. The summed E-state index contributed by atoms with van der Waals surface area (Å²) >= 11 is 2.91. The van der Waals surface area contributed by atoms with Crippen LogP contribution in [0.15, 0.2) is 46.8 Å². The lowest BCUT2D eigenvalue weighted by Gasteiger charge is -2.08. The third-order valence-corrected chi connectivity index (χ3v) is 6.48. The molecule has 3 rings (SSSR count). The molecule has 1 heterocycles. The summed E-state index contributed by atoms with van der Waals surface area (Å²) in [5, 5.41) is 12.2. The van der Waals surface area contributed by atoms with Crippen molar-refractivity contribution < 1.29 is 4.79 Å². The number of carbonyl (C=O) groups excluding carboxylic acids is 1. The Morgan fingerprint density at radius 3 is 2.52 bits per heavy atom. The number of Topliss-reactive ketones (excluding diaryl/α,β-unsaturated/α-hetero) is 1. The second-order valence-electron chi connectivity index (χ2n) is 6.47. The summed E-state index contributed by atoms with van der Waals surface area (Å²) in [5.41, 5.74) is 5.45. The molecular formula is C21H23N3OS2. The topological polar surface area (TPSA) is 54.9 Å². The van der Waals surface area contributed by atoms with E-state index < -0.39 is 0 Å². The van der Waals surface area contributed by atoms with Crippen LogP contribution >= 0.6 is 23.1 Å². The first kappa shape index (κ1) is 19.6. The van der Waals surface area contributed by atoms with E-state index in [9.17, 15) is 4.79 Å². The maximum absolute atomic E-state index is 12.6. The van der Waals surface area contributed by atoms with Crippen molar-refractivity contribution in [3.8, 4) is 0 Å². The molecule has 0 spiro atoms. The van der Waals surface area contributed by atoms with Gasteiger partial charge in [-0.3, -0.25) is 4.79 Å². The van der Waals surface area contributed by atoms with Gasteiger partial charge in [0.15, 0.2) is 10.1 Å². The minimum absolute atomic E-state index is 0.113. The molecular weight excluding hydrogens is 374 g/mol. The number of hydrogen-bond donors (Lipinski definition) is 1. The third-order valence-electron chi connectivity index (χ3n) is 4.46. The second kappa shape index (κ2) is 8.67. The second-order valence-corrected chi connectivity index (χ2v) is 9.04. The number of rotatable bonds is 7. The van der Waals surface area contributed by atoms with Crippen molar-refractivity contribution in [2.24, 2.45) is 0 Å². The van der Waals surface area contributed by atoms with E-state index in [0.717, 1.165) is 27.1 Å². The van der Waals surface area contributed by atoms with Gasteiger partial charge in [-0.1, -0.05) is 60.4 Å². The highest BCUT2D eigenvalue weighted by molar-refractivity contribution is 8.02. The molecule has 0 fully saturated rings. The molecule has 0 radical (unpaired) electrons. The van der Waals surface area contributed by atoms with Crippen LogP contribution in [0, 0.1) is 13.8 Å². The minimum atomic E-state index is -0.208. The number of anilines is 2. The zero-order valence-electron chi connectivity index (χ0n) is 15.9. The fraction of sp³-hybridized carbons (Fsp3) is 0.286. The van der Waals surface area contributed by atoms with Crippen LogP contribution in [0.25, 0.3) is 0 Å². The molecule has 1 N–H and O–H groups in total. The molecule has 3 aromatic rings. The average molecular weight is 398 g/mol. The summed E-state index contributed by atoms with van der Waals surface area (Å²) in [6.45, 7) is 8.20. The van der Waals surface area contributed by atoms with Crippen LogP contribution in [0.3, 0.4) is 0 Å². The molecule has 0 aliphatic carbocycles. The van der Waals surface area contributed by atoms with E-state index in [2.05, 4.69) is 48.4 Å². The lowest BCUT2D eigenvalue weighted by molar-refractivity contribution is 0.0994. The van der Waals surface area contributed by atoms with Crippen LogP contribution in [-0.4, -0.2) is 21.2 Å². The predicted molar refractivity (Wildman–Crippen MR) is 115 cm³/mol. The molecule has 1 atom stereocenters. The Morgan fingerprint density at radius 2 is 1.85 bits per heavy atom. The van der Waals surface area contributed by atoms with Gasteiger partial charge in [-0.2, -0.15) is 0 Å². The van der Waals surface area contributed by atoms with Crippen molar-refractivity contribution in [2.75, 3.05) is 5.32 Å². The number of aromatic nitrogens is 2. The monoisotopic (exact) mass is 397 g/mol. The third kappa shape index (κ3) is 4.96. The number of nitrogens with one attached hydrogen (secondary N) is 1. The number of benzene rings is 2. The van der Waals surface area contributed by atoms with Gasteiger partial charge < -0.3 is 5.32 Å². The molecule has 6 heteroatoms. The fourth-order valence-electron chi connectivity index (χ4n) is 2.59. The van der Waals surface area contributed by atoms with Gasteiger partial charge in [0.05, 0.1) is 5.25 Å². The Morgan fingerprint density at radius 1 is 1.11 bits per heavy atom. The van der Waals surface area contributed by atoms with Gasteiger partial charge in [-0.05, 0) is 56.0 Å². The lowest BCUT2D eigenvalue weighted by atomic mass is 10.1. The Bertz CT molecular complexity index is 935. The zero-order chi connectivity index (χ0) is 19.4. The summed E-state index contributed by atoms with van der Waals surface area (Å²) in [5.74, 6) is 0.113. The Balaban J connectivity index is 1.63. The smallest absolute Gasteiger partial charge is 0.210 e. The van der Waals surface area contributed by atoms with E-state index in [4.69, 9.17) is 0 Å².